The summed E-state index contributed by atoms with van der Waals surface area (Å²) in [5.41, 5.74) is 1.43. The zero-order valence-corrected chi connectivity index (χ0v) is 13.2. The fourth-order valence-corrected chi connectivity index (χ4v) is 5.84. The summed E-state index contributed by atoms with van der Waals surface area (Å²) in [4.78, 5) is 0. The van der Waals surface area contributed by atoms with Gasteiger partial charge in [-0.05, 0) is 68.4 Å². The van der Waals surface area contributed by atoms with E-state index in [1.165, 1.54) is 38.5 Å². The van der Waals surface area contributed by atoms with Crippen LogP contribution in [0.2, 0.25) is 10.0 Å². The lowest BCUT2D eigenvalue weighted by molar-refractivity contribution is -0.0205. The monoisotopic (exact) mass is 309 g/mol. The Hall–Kier alpha value is -0.240. The maximum Gasteiger partial charge on any atom is 0.0465 e. The van der Waals surface area contributed by atoms with Crippen LogP contribution in [-0.4, -0.2) is 5.54 Å². The Kier molecular flexibility index (Phi) is 3.29. The number of nitrogens with one attached hydrogen (secondary N) is 1. The minimum absolute atomic E-state index is 0.372. The molecule has 0 unspecified atom stereocenters. The molecule has 4 fully saturated rings. The summed E-state index contributed by atoms with van der Waals surface area (Å²) in [6, 6.07) is 5.78. The van der Waals surface area contributed by atoms with Gasteiger partial charge < -0.3 is 5.32 Å². The van der Waals surface area contributed by atoms with Crippen LogP contribution in [0, 0.1) is 17.8 Å². The van der Waals surface area contributed by atoms with E-state index in [1.54, 1.807) is 0 Å². The van der Waals surface area contributed by atoms with Crippen molar-refractivity contribution in [1.82, 2.24) is 5.32 Å². The molecule has 5 rings (SSSR count). The van der Waals surface area contributed by atoms with Gasteiger partial charge in [-0.2, -0.15) is 0 Å². The van der Waals surface area contributed by atoms with Gasteiger partial charge in [0.25, 0.3) is 0 Å². The van der Waals surface area contributed by atoms with Crippen molar-refractivity contribution >= 4 is 23.2 Å². The summed E-state index contributed by atoms with van der Waals surface area (Å²) >= 11 is 12.6. The third-order valence-electron chi connectivity index (χ3n) is 5.74. The Morgan fingerprint density at radius 2 is 1.45 bits per heavy atom. The average Bonchev–Trinajstić information content (AvgIpc) is 2.36. The Bertz CT molecular complexity index is 470. The van der Waals surface area contributed by atoms with Crippen LogP contribution in [0.25, 0.3) is 0 Å². The molecule has 1 nitrogen and oxygen atoms in total. The third kappa shape index (κ3) is 2.28. The second-order valence-corrected chi connectivity index (χ2v) is 8.07. The van der Waals surface area contributed by atoms with Crippen molar-refractivity contribution in [2.24, 2.45) is 17.8 Å². The lowest BCUT2D eigenvalue weighted by atomic mass is 9.53. The lowest BCUT2D eigenvalue weighted by Gasteiger charge is -2.57. The van der Waals surface area contributed by atoms with Crippen LogP contribution < -0.4 is 5.32 Å². The Morgan fingerprint density at radius 1 is 0.950 bits per heavy atom. The Labute approximate surface area is 131 Å². The van der Waals surface area contributed by atoms with E-state index in [2.05, 4.69) is 5.32 Å². The van der Waals surface area contributed by atoms with Crippen LogP contribution in [0.5, 0.6) is 0 Å². The van der Waals surface area contributed by atoms with Crippen molar-refractivity contribution in [1.29, 1.82) is 0 Å². The van der Waals surface area contributed by atoms with Crippen LogP contribution >= 0.6 is 23.2 Å². The molecule has 20 heavy (non-hydrogen) atoms. The standard InChI is InChI=1S/C17H21Cl2N/c18-15-2-1-3-16(19)14(15)10-20-17-7-11-4-12(8-17)6-13(5-11)9-17/h1-3,11-13,20H,4-10H2. The summed E-state index contributed by atoms with van der Waals surface area (Å²) in [5.74, 6) is 2.90. The first kappa shape index (κ1) is 13.4. The highest BCUT2D eigenvalue weighted by atomic mass is 35.5. The molecule has 3 heteroatoms. The highest BCUT2D eigenvalue weighted by molar-refractivity contribution is 6.35. The van der Waals surface area contributed by atoms with Gasteiger partial charge in [-0.3, -0.25) is 0 Å². The van der Waals surface area contributed by atoms with Crippen molar-refractivity contribution in [3.05, 3.63) is 33.8 Å². The Balaban J connectivity index is 1.52. The molecule has 1 aromatic rings. The number of hydrogen-bond donors (Lipinski definition) is 1. The van der Waals surface area contributed by atoms with Crippen molar-refractivity contribution in [3.63, 3.8) is 0 Å². The molecule has 1 N–H and O–H groups in total. The summed E-state index contributed by atoms with van der Waals surface area (Å²) in [5, 5.41) is 5.43. The first-order chi connectivity index (χ1) is 9.63. The lowest BCUT2D eigenvalue weighted by Crippen LogP contribution is -2.58. The van der Waals surface area contributed by atoms with Crippen LogP contribution in [0.3, 0.4) is 0 Å². The molecule has 4 aliphatic rings. The molecule has 1 aromatic carbocycles. The fraction of sp³-hybridized carbons (Fsp3) is 0.647. The minimum atomic E-state index is 0.372. The number of benzene rings is 1. The SMILES string of the molecule is Clc1cccc(Cl)c1CNC12CC3CC(CC(C3)C1)C2. The maximum atomic E-state index is 6.29. The molecule has 0 atom stereocenters. The van der Waals surface area contributed by atoms with Crippen molar-refractivity contribution < 1.29 is 0 Å². The smallest absolute Gasteiger partial charge is 0.0465 e. The van der Waals surface area contributed by atoms with Gasteiger partial charge in [0, 0.05) is 27.7 Å². The van der Waals surface area contributed by atoms with Gasteiger partial charge in [-0.15, -0.1) is 0 Å². The molecular formula is C17H21Cl2N. The summed E-state index contributed by atoms with van der Waals surface area (Å²) in [6.07, 6.45) is 8.53. The third-order valence-corrected chi connectivity index (χ3v) is 6.45. The Morgan fingerprint density at radius 3 is 1.95 bits per heavy atom. The minimum Gasteiger partial charge on any atom is -0.307 e. The van der Waals surface area contributed by atoms with E-state index in [-0.39, 0.29) is 0 Å². The quantitative estimate of drug-likeness (QED) is 0.823. The van der Waals surface area contributed by atoms with Gasteiger partial charge in [-0.25, -0.2) is 0 Å². The molecule has 108 valence electrons. The van der Waals surface area contributed by atoms with E-state index in [4.69, 9.17) is 23.2 Å². The second kappa shape index (κ2) is 4.90. The van der Waals surface area contributed by atoms with E-state index in [9.17, 15) is 0 Å². The predicted molar refractivity (Wildman–Crippen MR) is 84.2 cm³/mol. The first-order valence-corrected chi connectivity index (χ1v) is 8.57. The van der Waals surface area contributed by atoms with E-state index in [1.807, 2.05) is 18.2 Å². The van der Waals surface area contributed by atoms with Crippen LogP contribution in [0.1, 0.15) is 44.1 Å². The molecule has 0 aromatic heterocycles. The summed E-state index contributed by atoms with van der Waals surface area (Å²) < 4.78 is 0. The summed E-state index contributed by atoms with van der Waals surface area (Å²) in [7, 11) is 0. The maximum absolute atomic E-state index is 6.29. The first-order valence-electron chi connectivity index (χ1n) is 7.81. The number of rotatable bonds is 3. The van der Waals surface area contributed by atoms with E-state index in [0.717, 1.165) is 39.9 Å². The van der Waals surface area contributed by atoms with Crippen LogP contribution in [0.4, 0.5) is 0 Å². The van der Waals surface area contributed by atoms with Crippen molar-refractivity contribution in [2.75, 3.05) is 0 Å². The van der Waals surface area contributed by atoms with Gasteiger partial charge in [0.2, 0.25) is 0 Å². The number of hydrogen-bond acceptors (Lipinski definition) is 1. The van der Waals surface area contributed by atoms with Crippen molar-refractivity contribution in [3.8, 4) is 0 Å². The van der Waals surface area contributed by atoms with Gasteiger partial charge in [0.15, 0.2) is 0 Å². The molecule has 4 saturated carbocycles. The topological polar surface area (TPSA) is 12.0 Å². The summed E-state index contributed by atoms with van der Waals surface area (Å²) in [6.45, 7) is 0.810. The van der Waals surface area contributed by atoms with Gasteiger partial charge in [0.05, 0.1) is 0 Å². The molecular weight excluding hydrogens is 289 g/mol. The van der Waals surface area contributed by atoms with E-state index in [0.29, 0.717) is 5.54 Å². The van der Waals surface area contributed by atoms with Crippen LogP contribution in [-0.2, 0) is 6.54 Å². The van der Waals surface area contributed by atoms with E-state index >= 15 is 0 Å². The molecule has 4 aliphatic carbocycles. The molecule has 4 bridgehead atoms. The second-order valence-electron chi connectivity index (χ2n) is 7.25. The molecule has 0 saturated heterocycles. The molecule has 0 amide bonds. The molecule has 0 heterocycles. The predicted octanol–water partition coefficient (Wildman–Crippen LogP) is 5.05. The van der Waals surface area contributed by atoms with E-state index < -0.39 is 0 Å². The highest BCUT2D eigenvalue weighted by Crippen LogP contribution is 2.55. The molecule has 0 radical (unpaired) electrons. The van der Waals surface area contributed by atoms with Gasteiger partial charge in [-0.1, -0.05) is 29.3 Å². The zero-order valence-electron chi connectivity index (χ0n) is 11.7. The zero-order chi connectivity index (χ0) is 13.7. The largest absolute Gasteiger partial charge is 0.307 e. The average molecular weight is 310 g/mol. The molecule has 0 spiro atoms. The number of halogens is 2. The highest BCUT2D eigenvalue weighted by Gasteiger charge is 2.50. The van der Waals surface area contributed by atoms with Crippen molar-refractivity contribution in [2.45, 2.75) is 50.6 Å². The van der Waals surface area contributed by atoms with Gasteiger partial charge in [0.1, 0.15) is 0 Å². The normalized spacial score (nSPS) is 38.4. The fourth-order valence-electron chi connectivity index (χ4n) is 5.30. The van der Waals surface area contributed by atoms with Crippen LogP contribution in [0.15, 0.2) is 18.2 Å². The van der Waals surface area contributed by atoms with Gasteiger partial charge >= 0.3 is 0 Å². The molecule has 0 aliphatic heterocycles.